The molecule has 1 aliphatic carbocycles. The zero-order valence-electron chi connectivity index (χ0n) is 46.7. The number of hydrogen-bond donors (Lipinski definition) is 4. The average molecular weight is 1150 g/mol. The third-order valence-electron chi connectivity index (χ3n) is 15.2. The number of carbonyl (C=O) groups excluding carboxylic acids is 4. The number of esters is 3. The summed E-state index contributed by atoms with van der Waals surface area (Å²) < 4.78 is 38.1. The number of fused-ring (bicyclic) bond motifs is 5. The van der Waals surface area contributed by atoms with Crippen LogP contribution in [0.5, 0.6) is 0 Å². The second-order valence-corrected chi connectivity index (χ2v) is 21.1. The molecular weight excluding hydrogens is 1080 g/mol. The van der Waals surface area contributed by atoms with Crippen LogP contribution < -0.4 is 21.3 Å². The van der Waals surface area contributed by atoms with Crippen LogP contribution in [0.2, 0.25) is 0 Å². The number of nitrogens with one attached hydrogen (secondary N) is 4. The normalized spacial score (nSPS) is 25.7. The van der Waals surface area contributed by atoms with Gasteiger partial charge in [-0.25, -0.2) is 24.9 Å². The van der Waals surface area contributed by atoms with Crippen LogP contribution in [0.3, 0.4) is 0 Å². The minimum atomic E-state index is -1.17. The monoisotopic (exact) mass is 1140 g/mol. The molecule has 33 nitrogen and oxygen atoms in total. The molecule has 4 aliphatic heterocycles. The minimum absolute atomic E-state index is 0.0521. The quantitative estimate of drug-likeness (QED) is 0.0628. The molecule has 1 saturated carbocycles. The predicted molar refractivity (Wildman–Crippen MR) is 288 cm³/mol. The molecule has 438 valence electrons. The molecule has 1 amide bonds. The third-order valence-corrected chi connectivity index (χ3v) is 15.2. The molecule has 0 spiro atoms. The summed E-state index contributed by atoms with van der Waals surface area (Å²) in [6, 6.07) is -0.124. The molecule has 0 bridgehead atoms. The maximum absolute atomic E-state index is 13.6. The average Bonchev–Trinajstić information content (AvgIpc) is 3.40. The molecule has 0 radical (unpaired) electrons. The SMILES string of the molecule is CCN1N=NC2[C@H]3O[C@@H](n4cnc5c(NC6CCC(Nc7nc(NCCc8cn(C)cn8)nc8c7ncn8[C@@H]7O[C@H](c8nnn(CC)n8)[C@@H](OC(C)=O)[C@H]7OC(C)=O)CC6)nc(NCCc6cn(C)cn6)nc54)[C@H](OC(C)=O)[C@@H]3CC(=O)N21. The number of aromatic nitrogens is 16. The standard InChI is InChI=1S/C50H64N24O9/c1-8-72-65-43(63-66-72)39-38(80-26(4)76)40(81-27(5)77)48(83-39)71-24-56-35-42(60-50(62-45(35)71)52-17-15-31-20-69(7)22-54-31)58-29-12-10-28(11-13-29)57-41-34-44(61-49(59-41)51-16-14-30-19-68(6)21-53-30)70(23-55-34)47-37(79-25(3)75)32-18-33(78)74-46(36(32)82-47)64-67-73(74)9-2/h19-24,28-29,32,36-40,46-48H,8-18H2,1-7H3,(H2,51,57,59,61)(H2,52,58,60,62)/t28?,29?,32-,36+,37-,38-,39+,40-,46?,47-,48-/m1/s1. The van der Waals surface area contributed by atoms with Crippen LogP contribution in [0.1, 0.15) is 102 Å². The van der Waals surface area contributed by atoms with Crippen molar-refractivity contribution in [2.45, 2.75) is 147 Å². The number of anilines is 4. The maximum Gasteiger partial charge on any atom is 0.303 e. The number of hydrogen-bond acceptors (Lipinski definition) is 27. The lowest BCUT2D eigenvalue weighted by Crippen LogP contribution is -2.56. The van der Waals surface area contributed by atoms with E-state index in [0.717, 1.165) is 11.4 Å². The van der Waals surface area contributed by atoms with E-state index < -0.39 is 73.0 Å². The largest absolute Gasteiger partial charge is 0.457 e. The Morgan fingerprint density at radius 1 is 0.675 bits per heavy atom. The molecule has 12 rings (SSSR count). The van der Waals surface area contributed by atoms with Crippen molar-refractivity contribution in [2.75, 3.05) is 40.9 Å². The van der Waals surface area contributed by atoms with E-state index in [1.807, 2.05) is 49.5 Å². The zero-order valence-corrected chi connectivity index (χ0v) is 46.7. The summed E-state index contributed by atoms with van der Waals surface area (Å²) in [7, 11) is 3.82. The van der Waals surface area contributed by atoms with Crippen molar-refractivity contribution < 1.29 is 42.9 Å². The van der Waals surface area contributed by atoms with Gasteiger partial charge in [0.1, 0.15) is 6.10 Å². The van der Waals surface area contributed by atoms with Gasteiger partial charge in [0, 0.05) is 97.6 Å². The molecule has 7 aromatic heterocycles. The molecule has 5 aliphatic rings. The van der Waals surface area contributed by atoms with Crippen LogP contribution in [0.4, 0.5) is 23.5 Å². The molecule has 0 aromatic carbocycles. The molecule has 1 unspecified atom stereocenters. The Morgan fingerprint density at radius 2 is 1.22 bits per heavy atom. The lowest BCUT2D eigenvalue weighted by atomic mass is 9.88. The van der Waals surface area contributed by atoms with Crippen LogP contribution in [0.15, 0.2) is 48.0 Å². The third kappa shape index (κ3) is 11.0. The smallest absolute Gasteiger partial charge is 0.303 e. The number of piperidine rings is 1. The number of carbonyl (C=O) groups is 4. The van der Waals surface area contributed by atoms with Gasteiger partial charge in [0.2, 0.25) is 23.6 Å². The Kier molecular flexibility index (Phi) is 14.9. The highest BCUT2D eigenvalue weighted by molar-refractivity contribution is 5.86. The van der Waals surface area contributed by atoms with Gasteiger partial charge in [0.15, 0.2) is 77.0 Å². The van der Waals surface area contributed by atoms with Gasteiger partial charge in [0.05, 0.1) is 49.8 Å². The van der Waals surface area contributed by atoms with E-state index in [4.69, 9.17) is 53.6 Å². The van der Waals surface area contributed by atoms with Crippen molar-refractivity contribution in [2.24, 2.45) is 30.4 Å². The maximum atomic E-state index is 13.6. The molecule has 83 heavy (non-hydrogen) atoms. The molecule has 7 aromatic rings. The summed E-state index contributed by atoms with van der Waals surface area (Å²) in [4.78, 5) is 91.5. The fraction of sp³-hybridized carbons (Fsp3) is 0.580. The molecule has 3 saturated heterocycles. The first-order chi connectivity index (χ1) is 40.2. The van der Waals surface area contributed by atoms with E-state index in [2.05, 4.69) is 57.0 Å². The van der Waals surface area contributed by atoms with E-state index >= 15 is 0 Å². The summed E-state index contributed by atoms with van der Waals surface area (Å²) in [6.07, 6.45) is 6.89. The topological polar surface area (TPSA) is 360 Å². The van der Waals surface area contributed by atoms with Gasteiger partial charge < -0.3 is 54.1 Å². The van der Waals surface area contributed by atoms with Crippen LogP contribution in [-0.2, 0) is 76.3 Å². The number of hydrazine groups is 1. The van der Waals surface area contributed by atoms with Crippen molar-refractivity contribution in [3.63, 3.8) is 0 Å². The van der Waals surface area contributed by atoms with Crippen molar-refractivity contribution in [1.29, 1.82) is 0 Å². The van der Waals surface area contributed by atoms with Gasteiger partial charge in [-0.1, -0.05) is 5.22 Å². The summed E-state index contributed by atoms with van der Waals surface area (Å²) in [5.41, 5.74) is 3.41. The summed E-state index contributed by atoms with van der Waals surface area (Å²) in [5.74, 6) is -0.810. The van der Waals surface area contributed by atoms with Gasteiger partial charge in [-0.2, -0.15) is 29.9 Å². The molecule has 33 heteroatoms. The number of rotatable bonds is 20. The Balaban J connectivity index is 0.812. The molecule has 4 N–H and O–H groups in total. The van der Waals surface area contributed by atoms with Gasteiger partial charge in [-0.15, -0.1) is 15.3 Å². The van der Waals surface area contributed by atoms with Crippen molar-refractivity contribution in [3.05, 3.63) is 54.9 Å². The fourth-order valence-electron chi connectivity index (χ4n) is 11.5. The first kappa shape index (κ1) is 54.6. The van der Waals surface area contributed by atoms with Gasteiger partial charge >= 0.3 is 17.9 Å². The first-order valence-electron chi connectivity index (χ1n) is 27.7. The number of amides is 1. The highest BCUT2D eigenvalue weighted by atomic mass is 16.6. The van der Waals surface area contributed by atoms with Crippen LogP contribution >= 0.6 is 0 Å². The molecule has 9 atom stereocenters. The highest BCUT2D eigenvalue weighted by Crippen LogP contribution is 2.47. The van der Waals surface area contributed by atoms with E-state index in [9.17, 15) is 19.2 Å². The fourth-order valence-corrected chi connectivity index (χ4v) is 11.5. The van der Waals surface area contributed by atoms with Gasteiger partial charge in [-0.05, 0) is 44.7 Å². The number of nitrogens with zero attached hydrogens (tertiary/aromatic N) is 20. The lowest BCUT2D eigenvalue weighted by Gasteiger charge is -2.37. The number of ether oxygens (including phenoxy) is 5. The minimum Gasteiger partial charge on any atom is -0.457 e. The summed E-state index contributed by atoms with van der Waals surface area (Å²) in [6.45, 7) is 9.35. The van der Waals surface area contributed by atoms with Crippen LogP contribution in [0, 0.1) is 5.92 Å². The zero-order chi connectivity index (χ0) is 57.6. The van der Waals surface area contributed by atoms with Crippen LogP contribution in [0.25, 0.3) is 22.3 Å². The second kappa shape index (κ2) is 22.7. The first-order valence-corrected chi connectivity index (χ1v) is 27.7. The second-order valence-electron chi connectivity index (χ2n) is 21.1. The summed E-state index contributed by atoms with van der Waals surface area (Å²) >= 11 is 0. The summed E-state index contributed by atoms with van der Waals surface area (Å²) in [5, 5.41) is 38.5. The molecular formula is C50H64N24O9. The lowest BCUT2D eigenvalue weighted by molar-refractivity contribution is -0.168. The van der Waals surface area contributed by atoms with E-state index in [0.29, 0.717) is 105 Å². The van der Waals surface area contributed by atoms with Crippen molar-refractivity contribution >= 4 is 69.7 Å². The van der Waals surface area contributed by atoms with E-state index in [-0.39, 0.29) is 36.2 Å². The van der Waals surface area contributed by atoms with Crippen molar-refractivity contribution in [3.8, 4) is 0 Å². The van der Waals surface area contributed by atoms with Gasteiger partial charge in [-0.3, -0.25) is 28.3 Å². The highest BCUT2D eigenvalue weighted by Gasteiger charge is 2.59. The number of aryl methyl sites for hydroxylation is 3. The molecule has 4 fully saturated rings. The molecule has 11 heterocycles. The number of tetrazole rings is 1. The van der Waals surface area contributed by atoms with Crippen LogP contribution in [-0.4, -0.2) is 175 Å². The Hall–Kier alpha value is -9.01. The Morgan fingerprint density at radius 3 is 1.72 bits per heavy atom. The Bertz CT molecular complexity index is 3570. The Labute approximate surface area is 473 Å². The van der Waals surface area contributed by atoms with Gasteiger partial charge in [0.25, 0.3) is 0 Å². The number of imidazole rings is 4. The van der Waals surface area contributed by atoms with E-state index in [1.165, 1.54) is 42.0 Å². The van der Waals surface area contributed by atoms with Crippen molar-refractivity contribution in [1.82, 2.24) is 88.5 Å². The predicted octanol–water partition coefficient (Wildman–Crippen LogP) is 2.34. The van der Waals surface area contributed by atoms with E-state index in [1.54, 1.807) is 28.1 Å².